The molecule has 0 amide bonds. The number of hydrogen-bond donors (Lipinski definition) is 0. The molecule has 0 aliphatic rings. The van der Waals surface area contributed by atoms with Crippen LogP contribution in [0.1, 0.15) is 15.9 Å². The fourth-order valence-electron chi connectivity index (χ4n) is 1.57. The van der Waals surface area contributed by atoms with E-state index in [-0.39, 0.29) is 12.6 Å². The van der Waals surface area contributed by atoms with Gasteiger partial charge in [-0.1, -0.05) is 55.1 Å². The Bertz CT molecular complexity index is 478. The molecule has 0 aromatic heterocycles. The van der Waals surface area contributed by atoms with Gasteiger partial charge in [0.15, 0.2) is 0 Å². The predicted octanol–water partition coefficient (Wildman–Crippen LogP) is 3.56. The van der Waals surface area contributed by atoms with Crippen molar-refractivity contribution in [1.29, 1.82) is 0 Å². The van der Waals surface area contributed by atoms with Crippen LogP contribution < -0.4 is 0 Å². The van der Waals surface area contributed by atoms with E-state index in [9.17, 15) is 4.79 Å². The minimum Gasteiger partial charge on any atom is -0.457 e. The van der Waals surface area contributed by atoms with Crippen LogP contribution in [0.25, 0.3) is 5.57 Å². The summed E-state index contributed by atoms with van der Waals surface area (Å²) in [6, 6.07) is 18.6. The smallest absolute Gasteiger partial charge is 0.338 e. The predicted molar refractivity (Wildman–Crippen MR) is 72.2 cm³/mol. The lowest BCUT2D eigenvalue weighted by Crippen LogP contribution is -2.07. The van der Waals surface area contributed by atoms with E-state index in [4.69, 9.17) is 4.74 Å². The molecule has 18 heavy (non-hydrogen) atoms. The Kier molecular flexibility index (Phi) is 3.92. The second-order valence-electron chi connectivity index (χ2n) is 3.91. The largest absolute Gasteiger partial charge is 0.457 e. The van der Waals surface area contributed by atoms with Crippen LogP contribution in [0.3, 0.4) is 0 Å². The molecule has 2 nitrogen and oxygen atoms in total. The van der Waals surface area contributed by atoms with Crippen molar-refractivity contribution in [2.75, 3.05) is 6.61 Å². The van der Waals surface area contributed by atoms with E-state index in [0.717, 1.165) is 11.1 Å². The summed E-state index contributed by atoms with van der Waals surface area (Å²) in [4.78, 5) is 11.7. The molecule has 0 saturated heterocycles. The van der Waals surface area contributed by atoms with Crippen LogP contribution in [0.5, 0.6) is 0 Å². The third kappa shape index (κ3) is 3.08. The number of rotatable bonds is 4. The Morgan fingerprint density at radius 2 is 1.39 bits per heavy atom. The molecule has 0 radical (unpaired) electrons. The van der Waals surface area contributed by atoms with Crippen LogP contribution in [0, 0.1) is 0 Å². The van der Waals surface area contributed by atoms with E-state index in [2.05, 4.69) is 6.58 Å². The zero-order valence-electron chi connectivity index (χ0n) is 10.0. The van der Waals surface area contributed by atoms with Gasteiger partial charge in [-0.05, 0) is 23.3 Å². The second-order valence-corrected chi connectivity index (χ2v) is 3.91. The molecule has 0 heterocycles. The molecule has 2 rings (SSSR count). The molecule has 0 spiro atoms. The maximum atomic E-state index is 11.7. The van der Waals surface area contributed by atoms with Crippen LogP contribution >= 0.6 is 0 Å². The highest BCUT2D eigenvalue weighted by atomic mass is 16.5. The number of carbonyl (C=O) groups excluding carboxylic acids is 1. The molecule has 2 aromatic carbocycles. The first-order valence-corrected chi connectivity index (χ1v) is 5.73. The van der Waals surface area contributed by atoms with Gasteiger partial charge in [0.2, 0.25) is 0 Å². The van der Waals surface area contributed by atoms with E-state index >= 15 is 0 Å². The molecule has 0 atom stereocenters. The van der Waals surface area contributed by atoms with E-state index in [1.54, 1.807) is 12.1 Å². The highest BCUT2D eigenvalue weighted by Crippen LogP contribution is 2.12. The maximum absolute atomic E-state index is 11.7. The van der Waals surface area contributed by atoms with Crippen molar-refractivity contribution in [3.63, 3.8) is 0 Å². The standard InChI is InChI=1S/C16H14O2/c1-13(14-8-4-2-5-9-14)12-18-16(17)15-10-6-3-7-11-15/h2-11H,1,12H2. The number of benzene rings is 2. The van der Waals surface area contributed by atoms with Gasteiger partial charge in [0, 0.05) is 0 Å². The Morgan fingerprint density at radius 1 is 0.889 bits per heavy atom. The lowest BCUT2D eigenvalue weighted by atomic mass is 10.1. The molecule has 0 N–H and O–H groups in total. The van der Waals surface area contributed by atoms with Crippen LogP contribution in [0.4, 0.5) is 0 Å². The molecule has 2 heteroatoms. The summed E-state index contributed by atoms with van der Waals surface area (Å²) in [7, 11) is 0. The van der Waals surface area contributed by atoms with Crippen LogP contribution in [0.15, 0.2) is 67.2 Å². The van der Waals surface area contributed by atoms with Crippen molar-refractivity contribution in [3.8, 4) is 0 Å². The van der Waals surface area contributed by atoms with Gasteiger partial charge in [-0.15, -0.1) is 0 Å². The Hall–Kier alpha value is -2.35. The second kappa shape index (κ2) is 5.82. The van der Waals surface area contributed by atoms with E-state index < -0.39 is 0 Å². The van der Waals surface area contributed by atoms with E-state index in [1.807, 2.05) is 48.5 Å². The van der Waals surface area contributed by atoms with Crippen molar-refractivity contribution >= 4 is 11.5 Å². The van der Waals surface area contributed by atoms with Crippen molar-refractivity contribution in [2.24, 2.45) is 0 Å². The van der Waals surface area contributed by atoms with Gasteiger partial charge in [0.05, 0.1) is 5.56 Å². The topological polar surface area (TPSA) is 26.3 Å². The minimum absolute atomic E-state index is 0.206. The zero-order valence-corrected chi connectivity index (χ0v) is 10.0. The third-order valence-electron chi connectivity index (χ3n) is 2.57. The Balaban J connectivity index is 1.93. The van der Waals surface area contributed by atoms with Gasteiger partial charge in [-0.2, -0.15) is 0 Å². The molecular weight excluding hydrogens is 224 g/mol. The van der Waals surface area contributed by atoms with E-state index in [0.29, 0.717) is 5.56 Å². The first-order valence-electron chi connectivity index (χ1n) is 5.73. The zero-order chi connectivity index (χ0) is 12.8. The molecule has 0 aliphatic heterocycles. The van der Waals surface area contributed by atoms with Crippen LogP contribution in [-0.4, -0.2) is 12.6 Å². The van der Waals surface area contributed by atoms with Gasteiger partial charge >= 0.3 is 5.97 Å². The summed E-state index contributed by atoms with van der Waals surface area (Å²) in [5.41, 5.74) is 2.33. The fraction of sp³-hybridized carbons (Fsp3) is 0.0625. The lowest BCUT2D eigenvalue weighted by molar-refractivity contribution is 0.0557. The molecule has 0 aliphatic carbocycles. The van der Waals surface area contributed by atoms with Gasteiger partial charge in [0.1, 0.15) is 6.61 Å². The average Bonchev–Trinajstić information content (AvgIpc) is 2.46. The minimum atomic E-state index is -0.326. The number of hydrogen-bond acceptors (Lipinski definition) is 2. The van der Waals surface area contributed by atoms with Crippen LogP contribution in [-0.2, 0) is 4.74 Å². The number of carbonyl (C=O) groups is 1. The summed E-state index contributed by atoms with van der Waals surface area (Å²) in [6.45, 7) is 4.12. The monoisotopic (exact) mass is 238 g/mol. The molecule has 2 aromatic rings. The summed E-state index contributed by atoms with van der Waals surface area (Å²) in [6.07, 6.45) is 0. The fourth-order valence-corrected chi connectivity index (χ4v) is 1.57. The number of esters is 1. The summed E-state index contributed by atoms with van der Waals surface area (Å²) in [5, 5.41) is 0. The highest BCUT2D eigenvalue weighted by molar-refractivity contribution is 5.89. The molecular formula is C16H14O2. The van der Waals surface area contributed by atoms with Crippen molar-refractivity contribution in [3.05, 3.63) is 78.4 Å². The third-order valence-corrected chi connectivity index (χ3v) is 2.57. The first kappa shape index (κ1) is 12.1. The van der Waals surface area contributed by atoms with Gasteiger partial charge in [-0.25, -0.2) is 4.79 Å². The average molecular weight is 238 g/mol. The molecule has 0 saturated carbocycles. The molecule has 0 fully saturated rings. The summed E-state index contributed by atoms with van der Waals surface area (Å²) in [5.74, 6) is -0.326. The molecule has 0 unspecified atom stereocenters. The molecule has 90 valence electrons. The lowest BCUT2D eigenvalue weighted by Gasteiger charge is -2.07. The highest BCUT2D eigenvalue weighted by Gasteiger charge is 2.07. The molecule has 0 bridgehead atoms. The van der Waals surface area contributed by atoms with Gasteiger partial charge in [-0.3, -0.25) is 0 Å². The normalized spacial score (nSPS) is 9.78. The Labute approximate surface area is 107 Å². The van der Waals surface area contributed by atoms with Crippen molar-refractivity contribution in [1.82, 2.24) is 0 Å². The van der Waals surface area contributed by atoms with Crippen molar-refractivity contribution in [2.45, 2.75) is 0 Å². The van der Waals surface area contributed by atoms with E-state index in [1.165, 1.54) is 0 Å². The van der Waals surface area contributed by atoms with Crippen molar-refractivity contribution < 1.29 is 9.53 Å². The number of ether oxygens (including phenoxy) is 1. The van der Waals surface area contributed by atoms with Gasteiger partial charge in [0.25, 0.3) is 0 Å². The first-order chi connectivity index (χ1) is 8.77. The quantitative estimate of drug-likeness (QED) is 0.761. The maximum Gasteiger partial charge on any atom is 0.338 e. The summed E-state index contributed by atoms with van der Waals surface area (Å²) < 4.78 is 5.21. The summed E-state index contributed by atoms with van der Waals surface area (Å²) >= 11 is 0. The SMILES string of the molecule is C=C(COC(=O)c1ccccc1)c1ccccc1. The van der Waals surface area contributed by atoms with Gasteiger partial charge < -0.3 is 4.74 Å². The van der Waals surface area contributed by atoms with Crippen LogP contribution in [0.2, 0.25) is 0 Å². The Morgan fingerprint density at radius 3 is 1.94 bits per heavy atom.